The van der Waals surface area contributed by atoms with E-state index in [1.54, 1.807) is 20.3 Å². The molecule has 7 nitrogen and oxygen atoms in total. The molecule has 2 heterocycles. The van der Waals surface area contributed by atoms with E-state index >= 15 is 0 Å². The maximum atomic E-state index is 6.09. The van der Waals surface area contributed by atoms with Gasteiger partial charge in [0.25, 0.3) is 0 Å². The van der Waals surface area contributed by atoms with Gasteiger partial charge in [-0.05, 0) is 39.4 Å². The molecule has 0 bridgehead atoms. The van der Waals surface area contributed by atoms with Crippen LogP contribution in [-0.2, 0) is 0 Å². The highest BCUT2D eigenvalue weighted by molar-refractivity contribution is 5.22. The first-order valence-corrected chi connectivity index (χ1v) is 8.80. The predicted molar refractivity (Wildman–Crippen MR) is 97.5 cm³/mol. The summed E-state index contributed by atoms with van der Waals surface area (Å²) in [4.78, 5) is 13.4. The van der Waals surface area contributed by atoms with Gasteiger partial charge in [-0.25, -0.2) is 0 Å². The monoisotopic (exact) mass is 350 g/mol. The lowest BCUT2D eigenvalue weighted by Crippen LogP contribution is -2.38. The minimum atomic E-state index is -0.00165. The van der Waals surface area contributed by atoms with Crippen molar-refractivity contribution in [2.24, 2.45) is 0 Å². The smallest absolute Gasteiger partial charge is 0.323 e. The zero-order valence-corrected chi connectivity index (χ0v) is 15.6. The summed E-state index contributed by atoms with van der Waals surface area (Å²) in [6.07, 6.45) is 4.85. The molecule has 0 aliphatic carbocycles. The summed E-state index contributed by atoms with van der Waals surface area (Å²) in [6, 6.07) is 1.92. The summed E-state index contributed by atoms with van der Waals surface area (Å²) in [5.74, 6) is 0.862. The third-order valence-corrected chi connectivity index (χ3v) is 4.32. The standard InChI is InChI=1S/C18H30N4O3/c1-5-6-8-15(14-22-10-7-9-21(2)11-12-22)25-18-19-16(23-3)13-17(20-18)24-4/h5,13,15H,1,6-12,14H2,2-4H3/t15-/m1/s1. The molecule has 0 unspecified atom stereocenters. The quantitative estimate of drug-likeness (QED) is 0.630. The zero-order valence-electron chi connectivity index (χ0n) is 15.6. The van der Waals surface area contributed by atoms with E-state index in [0.717, 1.165) is 45.6 Å². The second-order valence-electron chi connectivity index (χ2n) is 6.30. The Bertz CT molecular complexity index is 519. The molecule has 1 aromatic heterocycles. The molecule has 0 N–H and O–H groups in total. The van der Waals surface area contributed by atoms with Crippen LogP contribution in [0.5, 0.6) is 17.8 Å². The van der Waals surface area contributed by atoms with Crippen molar-refractivity contribution in [2.75, 3.05) is 54.0 Å². The van der Waals surface area contributed by atoms with E-state index in [4.69, 9.17) is 14.2 Å². The van der Waals surface area contributed by atoms with Crippen LogP contribution in [0.3, 0.4) is 0 Å². The highest BCUT2D eigenvalue weighted by Gasteiger charge is 2.20. The van der Waals surface area contributed by atoms with Crippen LogP contribution in [0.15, 0.2) is 18.7 Å². The highest BCUT2D eigenvalue weighted by Crippen LogP contribution is 2.20. The topological polar surface area (TPSA) is 60.0 Å². The first-order valence-electron chi connectivity index (χ1n) is 8.80. The number of hydrogen-bond donors (Lipinski definition) is 0. The van der Waals surface area contributed by atoms with Crippen LogP contribution < -0.4 is 14.2 Å². The number of methoxy groups -OCH3 is 2. The van der Waals surface area contributed by atoms with Crippen molar-refractivity contribution in [3.8, 4) is 17.8 Å². The molecule has 1 atom stereocenters. The van der Waals surface area contributed by atoms with E-state index in [1.807, 2.05) is 6.08 Å². The summed E-state index contributed by atoms with van der Waals surface area (Å²) >= 11 is 0. The summed E-state index contributed by atoms with van der Waals surface area (Å²) in [5.41, 5.74) is 0. The predicted octanol–water partition coefficient (Wildman–Crippen LogP) is 1.84. The van der Waals surface area contributed by atoms with Crippen LogP contribution in [-0.4, -0.2) is 79.9 Å². The lowest BCUT2D eigenvalue weighted by molar-refractivity contribution is 0.116. The molecule has 0 amide bonds. The van der Waals surface area contributed by atoms with Crippen molar-refractivity contribution in [3.05, 3.63) is 18.7 Å². The number of rotatable bonds is 9. The van der Waals surface area contributed by atoms with E-state index in [2.05, 4.69) is 33.4 Å². The molecule has 0 aromatic carbocycles. The third kappa shape index (κ3) is 6.51. The third-order valence-electron chi connectivity index (χ3n) is 4.32. The van der Waals surface area contributed by atoms with Crippen LogP contribution in [0, 0.1) is 0 Å². The van der Waals surface area contributed by atoms with E-state index in [1.165, 1.54) is 6.42 Å². The Labute approximate surface area is 150 Å². The minimum Gasteiger partial charge on any atom is -0.481 e. The van der Waals surface area contributed by atoms with Crippen molar-refractivity contribution in [1.82, 2.24) is 19.8 Å². The molecule has 1 fully saturated rings. The molecule has 1 aliphatic rings. The number of nitrogens with zero attached hydrogens (tertiary/aromatic N) is 4. The molecule has 1 aromatic rings. The number of allylic oxidation sites excluding steroid dienone is 1. The van der Waals surface area contributed by atoms with Gasteiger partial charge in [-0.3, -0.25) is 4.90 Å². The van der Waals surface area contributed by atoms with Gasteiger partial charge in [-0.2, -0.15) is 9.97 Å². The van der Waals surface area contributed by atoms with Crippen LogP contribution in [0.2, 0.25) is 0 Å². The SMILES string of the molecule is C=CCC[C@H](CN1CCCN(C)CC1)Oc1nc(OC)cc(OC)n1. The van der Waals surface area contributed by atoms with Crippen molar-refractivity contribution >= 4 is 0 Å². The number of aromatic nitrogens is 2. The van der Waals surface area contributed by atoms with Crippen LogP contribution in [0.1, 0.15) is 19.3 Å². The fraction of sp³-hybridized carbons (Fsp3) is 0.667. The Morgan fingerprint density at radius 3 is 2.52 bits per heavy atom. The molecule has 2 rings (SSSR count). The van der Waals surface area contributed by atoms with Gasteiger partial charge in [-0.15, -0.1) is 6.58 Å². The van der Waals surface area contributed by atoms with Gasteiger partial charge >= 0.3 is 6.01 Å². The maximum Gasteiger partial charge on any atom is 0.323 e. The molecule has 140 valence electrons. The fourth-order valence-electron chi connectivity index (χ4n) is 2.86. The van der Waals surface area contributed by atoms with Gasteiger partial charge in [-0.1, -0.05) is 6.08 Å². The molecule has 25 heavy (non-hydrogen) atoms. The number of hydrogen-bond acceptors (Lipinski definition) is 7. The highest BCUT2D eigenvalue weighted by atomic mass is 16.5. The van der Waals surface area contributed by atoms with Crippen LogP contribution in [0.25, 0.3) is 0 Å². The first-order chi connectivity index (χ1) is 12.1. The molecule has 0 saturated carbocycles. The Morgan fingerprint density at radius 2 is 1.88 bits per heavy atom. The van der Waals surface area contributed by atoms with Gasteiger partial charge < -0.3 is 19.1 Å². The Hall–Kier alpha value is -1.86. The van der Waals surface area contributed by atoms with Crippen molar-refractivity contribution in [2.45, 2.75) is 25.4 Å². The van der Waals surface area contributed by atoms with Gasteiger partial charge in [0.05, 0.1) is 20.3 Å². The number of likely N-dealkylation sites (N-methyl/N-ethyl adjacent to an activating group) is 1. The lowest BCUT2D eigenvalue weighted by Gasteiger charge is -2.26. The Morgan fingerprint density at radius 1 is 1.16 bits per heavy atom. The summed E-state index contributed by atoms with van der Waals surface area (Å²) < 4.78 is 16.5. The van der Waals surface area contributed by atoms with E-state index < -0.39 is 0 Å². The summed E-state index contributed by atoms with van der Waals surface area (Å²) in [5, 5.41) is 0. The Balaban J connectivity index is 2.04. The van der Waals surface area contributed by atoms with Gasteiger partial charge in [0.15, 0.2) is 0 Å². The minimum absolute atomic E-state index is 0.00165. The second kappa shape index (κ2) is 10.2. The average Bonchev–Trinajstić information content (AvgIpc) is 2.83. The molecule has 1 saturated heterocycles. The molecular formula is C18H30N4O3. The largest absolute Gasteiger partial charge is 0.481 e. The maximum absolute atomic E-state index is 6.09. The van der Waals surface area contributed by atoms with Crippen molar-refractivity contribution in [1.29, 1.82) is 0 Å². The van der Waals surface area contributed by atoms with E-state index in [0.29, 0.717) is 11.8 Å². The lowest BCUT2D eigenvalue weighted by atomic mass is 10.2. The molecule has 0 spiro atoms. The van der Waals surface area contributed by atoms with Gasteiger partial charge in [0, 0.05) is 19.6 Å². The molecular weight excluding hydrogens is 320 g/mol. The summed E-state index contributed by atoms with van der Waals surface area (Å²) in [7, 11) is 5.30. The Kier molecular flexibility index (Phi) is 7.94. The summed E-state index contributed by atoms with van der Waals surface area (Å²) in [6.45, 7) is 9.03. The van der Waals surface area contributed by atoms with E-state index in [-0.39, 0.29) is 12.1 Å². The second-order valence-corrected chi connectivity index (χ2v) is 6.30. The van der Waals surface area contributed by atoms with Crippen molar-refractivity contribution in [3.63, 3.8) is 0 Å². The fourth-order valence-corrected chi connectivity index (χ4v) is 2.86. The van der Waals surface area contributed by atoms with E-state index in [9.17, 15) is 0 Å². The molecule has 0 radical (unpaired) electrons. The average molecular weight is 350 g/mol. The van der Waals surface area contributed by atoms with Gasteiger partial charge in [0.1, 0.15) is 6.10 Å². The van der Waals surface area contributed by atoms with Crippen molar-refractivity contribution < 1.29 is 14.2 Å². The zero-order chi connectivity index (χ0) is 18.1. The molecule has 1 aliphatic heterocycles. The van der Waals surface area contributed by atoms with Gasteiger partial charge in [0.2, 0.25) is 11.8 Å². The van der Waals surface area contributed by atoms with Crippen LogP contribution in [0.4, 0.5) is 0 Å². The first kappa shape index (κ1) is 19.5. The molecule has 7 heteroatoms. The van der Waals surface area contributed by atoms with Crippen LogP contribution >= 0.6 is 0 Å². The normalized spacial score (nSPS) is 17.6. The number of ether oxygens (including phenoxy) is 3.